The maximum Gasteiger partial charge on any atom is 0.288 e. The van der Waals surface area contributed by atoms with E-state index in [1.54, 1.807) is 0 Å². The summed E-state index contributed by atoms with van der Waals surface area (Å²) >= 11 is 3.33. The molecule has 3 N–H and O–H groups in total. The fourth-order valence-electron chi connectivity index (χ4n) is 2.72. The van der Waals surface area contributed by atoms with Crippen molar-refractivity contribution >= 4 is 27.4 Å². The summed E-state index contributed by atoms with van der Waals surface area (Å²) in [7, 11) is 0. The van der Waals surface area contributed by atoms with Gasteiger partial charge in [-0.1, -0.05) is 19.3 Å². The minimum absolute atomic E-state index is 0.0237. The van der Waals surface area contributed by atoms with E-state index in [9.17, 15) is 10.1 Å². The Bertz CT molecular complexity index is 477. The monoisotopic (exact) mass is 342 g/mol. The second-order valence-corrected chi connectivity index (χ2v) is 6.02. The van der Waals surface area contributed by atoms with Gasteiger partial charge in [-0.25, -0.2) is 4.98 Å². The summed E-state index contributed by atoms with van der Waals surface area (Å²) in [6, 6.07) is 1.63. The summed E-state index contributed by atoms with van der Waals surface area (Å²) in [4.78, 5) is 14.4. The van der Waals surface area contributed by atoms with Gasteiger partial charge in [0.2, 0.25) is 0 Å². The summed E-state index contributed by atoms with van der Waals surface area (Å²) in [5, 5.41) is 14.0. The second kappa shape index (κ2) is 6.99. The van der Waals surface area contributed by atoms with Crippen LogP contribution >= 0.6 is 15.9 Å². The van der Waals surface area contributed by atoms with Gasteiger partial charge in [-0.05, 0) is 34.7 Å². The van der Waals surface area contributed by atoms with Crippen LogP contribution in [-0.4, -0.2) is 22.5 Å². The molecule has 7 heteroatoms. The highest BCUT2D eigenvalue weighted by Crippen LogP contribution is 2.30. The smallest absolute Gasteiger partial charge is 0.288 e. The maximum absolute atomic E-state index is 10.7. The summed E-state index contributed by atoms with van der Waals surface area (Å²) < 4.78 is 0.598. The third-order valence-electron chi connectivity index (χ3n) is 3.83. The first kappa shape index (κ1) is 15.2. The lowest BCUT2D eigenvalue weighted by Gasteiger charge is -2.30. The van der Waals surface area contributed by atoms with Gasteiger partial charge in [0.1, 0.15) is 12.0 Å². The van der Waals surface area contributed by atoms with Gasteiger partial charge in [-0.2, -0.15) is 0 Å². The fourth-order valence-corrected chi connectivity index (χ4v) is 3.17. The zero-order chi connectivity index (χ0) is 14.5. The molecule has 0 radical (unpaired) electrons. The molecule has 0 spiro atoms. The van der Waals surface area contributed by atoms with Crippen molar-refractivity contribution < 1.29 is 4.92 Å². The molecule has 1 heterocycles. The Balaban J connectivity index is 2.08. The van der Waals surface area contributed by atoms with Crippen molar-refractivity contribution in [3.8, 4) is 0 Å². The molecule has 0 saturated heterocycles. The van der Waals surface area contributed by atoms with E-state index >= 15 is 0 Å². The van der Waals surface area contributed by atoms with E-state index in [4.69, 9.17) is 5.73 Å². The molecule has 6 nitrogen and oxygen atoms in total. The van der Waals surface area contributed by atoms with Crippen molar-refractivity contribution in [2.24, 2.45) is 11.7 Å². The van der Waals surface area contributed by atoms with Crippen LogP contribution in [0.2, 0.25) is 0 Å². The topological polar surface area (TPSA) is 94.1 Å². The third-order valence-corrected chi connectivity index (χ3v) is 4.44. The number of pyridine rings is 1. The van der Waals surface area contributed by atoms with Crippen molar-refractivity contribution in [2.45, 2.75) is 38.1 Å². The van der Waals surface area contributed by atoms with E-state index < -0.39 is 4.92 Å². The standard InChI is InChI=1S/C13H19BrN4O2/c14-11-6-10(18(19)20)8-16-13(11)17-12(7-15)9-4-2-1-3-5-9/h6,8-9,12H,1-5,7,15H2,(H,16,17). The van der Waals surface area contributed by atoms with Crippen LogP contribution in [0.5, 0.6) is 0 Å². The Hall–Kier alpha value is -1.21. The lowest BCUT2D eigenvalue weighted by atomic mass is 9.84. The van der Waals surface area contributed by atoms with Crippen molar-refractivity contribution in [1.29, 1.82) is 0 Å². The lowest BCUT2D eigenvalue weighted by Crippen LogP contribution is -2.37. The van der Waals surface area contributed by atoms with Gasteiger partial charge in [-0.15, -0.1) is 0 Å². The van der Waals surface area contributed by atoms with Crippen LogP contribution < -0.4 is 11.1 Å². The first-order chi connectivity index (χ1) is 9.61. The van der Waals surface area contributed by atoms with Gasteiger partial charge < -0.3 is 11.1 Å². The van der Waals surface area contributed by atoms with E-state index in [1.165, 1.54) is 44.4 Å². The van der Waals surface area contributed by atoms with Crippen LogP contribution in [-0.2, 0) is 0 Å². The highest BCUT2D eigenvalue weighted by atomic mass is 79.9. The molecule has 1 saturated carbocycles. The molecule has 0 aromatic carbocycles. The lowest BCUT2D eigenvalue weighted by molar-refractivity contribution is -0.385. The zero-order valence-corrected chi connectivity index (χ0v) is 12.8. The third kappa shape index (κ3) is 3.67. The van der Waals surface area contributed by atoms with Crippen molar-refractivity contribution in [3.05, 3.63) is 26.9 Å². The average molecular weight is 343 g/mol. The van der Waals surface area contributed by atoms with Gasteiger partial charge in [0.15, 0.2) is 0 Å². The number of nitrogens with two attached hydrogens (primary N) is 1. The number of hydrogen-bond acceptors (Lipinski definition) is 5. The number of aromatic nitrogens is 1. The van der Waals surface area contributed by atoms with E-state index in [2.05, 4.69) is 26.2 Å². The molecule has 0 aliphatic heterocycles. The minimum Gasteiger partial charge on any atom is -0.365 e. The molecule has 20 heavy (non-hydrogen) atoms. The van der Waals surface area contributed by atoms with Crippen LogP contribution in [0.15, 0.2) is 16.7 Å². The molecule has 1 aromatic rings. The number of nitrogens with zero attached hydrogens (tertiary/aromatic N) is 2. The van der Waals surface area contributed by atoms with Gasteiger partial charge in [0.25, 0.3) is 5.69 Å². The second-order valence-electron chi connectivity index (χ2n) is 5.17. The Labute approximate surface area is 126 Å². The highest BCUT2D eigenvalue weighted by Gasteiger charge is 2.23. The number of anilines is 1. The molecule has 2 rings (SSSR count). The molecule has 1 aliphatic carbocycles. The largest absolute Gasteiger partial charge is 0.365 e. The van der Waals surface area contributed by atoms with Crippen molar-refractivity contribution in [2.75, 3.05) is 11.9 Å². The first-order valence-corrected chi connectivity index (χ1v) is 7.67. The van der Waals surface area contributed by atoms with E-state index in [-0.39, 0.29) is 11.7 Å². The van der Waals surface area contributed by atoms with E-state index in [0.29, 0.717) is 22.8 Å². The molecule has 0 amide bonds. The normalized spacial score (nSPS) is 17.7. The van der Waals surface area contributed by atoms with Crippen LogP contribution in [0.3, 0.4) is 0 Å². The van der Waals surface area contributed by atoms with Crippen molar-refractivity contribution in [1.82, 2.24) is 4.98 Å². The Morgan fingerprint density at radius 2 is 2.20 bits per heavy atom. The minimum atomic E-state index is -0.455. The predicted octanol–water partition coefficient (Wildman–Crippen LogP) is 3.07. The van der Waals surface area contributed by atoms with Gasteiger partial charge >= 0.3 is 0 Å². The molecule has 1 aromatic heterocycles. The molecule has 1 unspecified atom stereocenters. The average Bonchev–Trinajstić information content (AvgIpc) is 2.46. The van der Waals surface area contributed by atoms with Gasteiger partial charge in [-0.3, -0.25) is 10.1 Å². The molecule has 1 atom stereocenters. The van der Waals surface area contributed by atoms with Gasteiger partial charge in [0.05, 0.1) is 9.40 Å². The first-order valence-electron chi connectivity index (χ1n) is 6.88. The summed E-state index contributed by atoms with van der Waals surface area (Å²) in [6.45, 7) is 0.537. The molecular weight excluding hydrogens is 324 g/mol. The summed E-state index contributed by atoms with van der Waals surface area (Å²) in [5.41, 5.74) is 5.84. The van der Waals surface area contributed by atoms with E-state index in [1.807, 2.05) is 0 Å². The van der Waals surface area contributed by atoms with Crippen molar-refractivity contribution in [3.63, 3.8) is 0 Å². The molecular formula is C13H19BrN4O2. The fraction of sp³-hybridized carbons (Fsp3) is 0.615. The molecule has 110 valence electrons. The van der Waals surface area contributed by atoms with Crippen LogP contribution in [0.1, 0.15) is 32.1 Å². The van der Waals surface area contributed by atoms with Crippen LogP contribution in [0, 0.1) is 16.0 Å². The number of rotatable bonds is 5. The number of hydrogen-bond donors (Lipinski definition) is 2. The summed E-state index contributed by atoms with van der Waals surface area (Å²) in [6.07, 6.45) is 7.42. The van der Waals surface area contributed by atoms with Gasteiger partial charge in [0, 0.05) is 18.7 Å². The Morgan fingerprint density at radius 1 is 1.50 bits per heavy atom. The zero-order valence-electron chi connectivity index (χ0n) is 11.2. The SMILES string of the molecule is NCC(Nc1ncc([N+](=O)[O-])cc1Br)C1CCCCC1. The quantitative estimate of drug-likeness (QED) is 0.633. The van der Waals surface area contributed by atoms with E-state index in [0.717, 1.165) is 0 Å². The number of nitrogens with one attached hydrogen (secondary N) is 1. The summed E-state index contributed by atoms with van der Waals surface area (Å²) in [5.74, 6) is 1.18. The highest BCUT2D eigenvalue weighted by molar-refractivity contribution is 9.10. The molecule has 1 aliphatic rings. The predicted molar refractivity (Wildman–Crippen MR) is 81.6 cm³/mol. The van der Waals surface area contributed by atoms with Crippen LogP contribution in [0.25, 0.3) is 0 Å². The Morgan fingerprint density at radius 3 is 2.75 bits per heavy atom. The molecule has 0 bridgehead atoms. The maximum atomic E-state index is 10.7. The van der Waals surface area contributed by atoms with Crippen LogP contribution in [0.4, 0.5) is 11.5 Å². The Kier molecular flexibility index (Phi) is 5.31. The molecule has 1 fully saturated rings. The number of nitro groups is 1. The number of halogens is 1.